The first-order valence-corrected chi connectivity index (χ1v) is 15.9. The lowest BCUT2D eigenvalue weighted by Crippen LogP contribution is -2.34. The summed E-state index contributed by atoms with van der Waals surface area (Å²) < 4.78 is 0. The lowest BCUT2D eigenvalue weighted by molar-refractivity contribution is 0.270. The van der Waals surface area contributed by atoms with Crippen LogP contribution in [0.5, 0.6) is 0 Å². The van der Waals surface area contributed by atoms with Gasteiger partial charge < -0.3 is 0 Å². The van der Waals surface area contributed by atoms with Crippen molar-refractivity contribution in [3.63, 3.8) is 0 Å². The molecule has 3 atom stereocenters. The average Bonchev–Trinajstić information content (AvgIpc) is 2.87. The molecule has 1 aromatic rings. The van der Waals surface area contributed by atoms with Crippen molar-refractivity contribution in [3.05, 3.63) is 69.2 Å². The number of fused-ring (bicyclic) bond motifs is 1. The zero-order valence-corrected chi connectivity index (χ0v) is 26.6. The number of hydrogen-bond acceptors (Lipinski definition) is 1. The molecule has 0 heterocycles. The lowest BCUT2D eigenvalue weighted by atomic mass is 9.61. The van der Waals surface area contributed by atoms with Gasteiger partial charge in [-0.05, 0) is 102 Å². The van der Waals surface area contributed by atoms with E-state index in [1.54, 1.807) is 22.3 Å². The maximum Gasteiger partial charge on any atom is 0.00550 e. The summed E-state index contributed by atoms with van der Waals surface area (Å²) in [7, 11) is 0. The molecule has 0 radical (unpaired) electrons. The van der Waals surface area contributed by atoms with Crippen molar-refractivity contribution in [2.45, 2.75) is 131 Å². The van der Waals surface area contributed by atoms with Crippen molar-refractivity contribution in [3.8, 4) is 0 Å². The van der Waals surface area contributed by atoms with Crippen LogP contribution >= 0.6 is 11.8 Å². The minimum absolute atomic E-state index is 0.194. The first kappa shape index (κ1) is 31.0. The summed E-state index contributed by atoms with van der Waals surface area (Å²) in [5.41, 5.74) is 8.61. The first-order chi connectivity index (χ1) is 16.9. The summed E-state index contributed by atoms with van der Waals surface area (Å²) in [6.07, 6.45) is 19.3. The minimum atomic E-state index is 0.194. The average molecular weight is 509 g/mol. The molecule has 0 amide bonds. The monoisotopic (exact) mass is 508 g/mol. The highest BCUT2D eigenvalue weighted by atomic mass is 32.2. The van der Waals surface area contributed by atoms with Crippen LogP contribution in [-0.4, -0.2) is 6.26 Å². The smallest absolute Gasteiger partial charge is 0.00550 e. The Morgan fingerprint density at radius 3 is 2.11 bits per heavy atom. The summed E-state index contributed by atoms with van der Waals surface area (Å²) in [6.45, 7) is 25.7. The van der Waals surface area contributed by atoms with Gasteiger partial charge in [0.2, 0.25) is 0 Å². The van der Waals surface area contributed by atoms with Gasteiger partial charge in [0.25, 0.3) is 0 Å². The maximum absolute atomic E-state index is 2.64. The maximum atomic E-state index is 2.64. The first-order valence-electron chi connectivity index (χ1n) is 14.7. The minimum Gasteiger partial charge on any atom is -0.130 e. The summed E-state index contributed by atoms with van der Waals surface area (Å²) in [6, 6.07) is 5.20. The fourth-order valence-electron chi connectivity index (χ4n) is 6.45. The summed E-state index contributed by atoms with van der Waals surface area (Å²) >= 11 is 1.90. The van der Waals surface area contributed by atoms with Crippen LogP contribution in [0.15, 0.2) is 46.9 Å². The van der Waals surface area contributed by atoms with E-state index < -0.39 is 0 Å². The van der Waals surface area contributed by atoms with Crippen LogP contribution in [0, 0.1) is 18.3 Å². The number of hydrogen-bond donors (Lipinski definition) is 0. The summed E-state index contributed by atoms with van der Waals surface area (Å²) in [5.74, 6) is 1.04. The Morgan fingerprint density at radius 2 is 1.61 bits per heavy atom. The molecule has 3 unspecified atom stereocenters. The highest BCUT2D eigenvalue weighted by molar-refractivity contribution is 8.02. The van der Waals surface area contributed by atoms with E-state index in [1.807, 2.05) is 25.6 Å². The van der Waals surface area contributed by atoms with Crippen LogP contribution in [0.1, 0.15) is 136 Å². The summed E-state index contributed by atoms with van der Waals surface area (Å²) in [5, 5.41) is 0. The molecule has 2 aliphatic carbocycles. The van der Waals surface area contributed by atoms with Gasteiger partial charge in [0.1, 0.15) is 0 Å². The molecule has 1 aromatic carbocycles. The third-order valence-corrected chi connectivity index (χ3v) is 9.98. The van der Waals surface area contributed by atoms with E-state index in [4.69, 9.17) is 0 Å². The molecule has 0 saturated heterocycles. The molecule has 2 aliphatic rings. The van der Waals surface area contributed by atoms with Gasteiger partial charge in [-0.1, -0.05) is 105 Å². The van der Waals surface area contributed by atoms with Gasteiger partial charge in [0.15, 0.2) is 0 Å². The number of rotatable bonds is 8. The van der Waals surface area contributed by atoms with Gasteiger partial charge in [-0.15, -0.1) is 11.8 Å². The second-order valence-corrected chi connectivity index (χ2v) is 13.3. The standard InChI is InChI=1S/C33H50S.C2H6/c1-11-14-17-33(9,13-3)28-16-15-24(34-10)21-27(28)25(12-2)26-22-30-29(20-23(26)4)31(5,6)18-19-32(30,7)8;1-2/h14-15,17,20-22,25,28H,11-13,16,18-19H2,1-10H3;1-2H3. The van der Waals surface area contributed by atoms with E-state index in [1.165, 1.54) is 29.7 Å². The van der Waals surface area contributed by atoms with Gasteiger partial charge in [-0.3, -0.25) is 0 Å². The molecule has 3 rings (SSSR count). The Labute approximate surface area is 229 Å². The topological polar surface area (TPSA) is 0 Å². The number of allylic oxidation sites excluding steroid dienone is 5. The molecule has 0 saturated carbocycles. The number of thioether (sulfide) groups is 1. The van der Waals surface area contributed by atoms with Crippen molar-refractivity contribution in [2.24, 2.45) is 11.3 Å². The molecule has 0 nitrogen and oxygen atoms in total. The third kappa shape index (κ3) is 6.25. The van der Waals surface area contributed by atoms with Crippen LogP contribution in [-0.2, 0) is 10.8 Å². The molecule has 202 valence electrons. The molecule has 1 heteroatoms. The fraction of sp³-hybridized carbons (Fsp3) is 0.657. The van der Waals surface area contributed by atoms with E-state index >= 15 is 0 Å². The number of aryl methyl sites for hydroxylation is 1. The van der Waals surface area contributed by atoms with Gasteiger partial charge >= 0.3 is 0 Å². The van der Waals surface area contributed by atoms with E-state index in [0.717, 1.165) is 19.3 Å². The Morgan fingerprint density at radius 1 is 1.03 bits per heavy atom. The molecule has 0 spiro atoms. The molecule has 0 N–H and O–H groups in total. The SMILES string of the molecule is CC.CCC=CC(C)(CC)C1CC=C(SC)C=C1C(CC)c1cc2c(cc1C)C(C)(C)CCC2(C)C. The van der Waals surface area contributed by atoms with Gasteiger partial charge in [0.05, 0.1) is 0 Å². The van der Waals surface area contributed by atoms with Gasteiger partial charge in [0, 0.05) is 10.8 Å². The Bertz CT molecular complexity index is 971. The lowest BCUT2D eigenvalue weighted by Gasteiger charge is -2.44. The van der Waals surface area contributed by atoms with E-state index in [-0.39, 0.29) is 16.2 Å². The van der Waals surface area contributed by atoms with Crippen LogP contribution in [0.2, 0.25) is 0 Å². The molecule has 36 heavy (non-hydrogen) atoms. The predicted octanol–water partition coefficient (Wildman–Crippen LogP) is 11.4. The van der Waals surface area contributed by atoms with E-state index in [2.05, 4.69) is 105 Å². The Kier molecular flexibility index (Phi) is 10.8. The Balaban J connectivity index is 0.00000222. The third-order valence-electron chi connectivity index (χ3n) is 9.22. The fourth-order valence-corrected chi connectivity index (χ4v) is 6.96. The van der Waals surface area contributed by atoms with Crippen molar-refractivity contribution in [1.82, 2.24) is 0 Å². The highest BCUT2D eigenvalue weighted by Gasteiger charge is 2.40. The normalized spacial score (nSPS) is 23.1. The van der Waals surface area contributed by atoms with Crippen LogP contribution < -0.4 is 0 Å². The second-order valence-electron chi connectivity index (χ2n) is 12.4. The number of benzene rings is 1. The van der Waals surface area contributed by atoms with Crippen LogP contribution in [0.3, 0.4) is 0 Å². The zero-order chi connectivity index (χ0) is 27.3. The zero-order valence-electron chi connectivity index (χ0n) is 25.8. The van der Waals surface area contributed by atoms with Crippen LogP contribution in [0.25, 0.3) is 0 Å². The summed E-state index contributed by atoms with van der Waals surface area (Å²) in [4.78, 5) is 1.44. The molecule has 0 aromatic heterocycles. The van der Waals surface area contributed by atoms with Crippen molar-refractivity contribution in [2.75, 3.05) is 6.26 Å². The second kappa shape index (κ2) is 12.6. The molecule has 0 fully saturated rings. The van der Waals surface area contributed by atoms with Crippen molar-refractivity contribution in [1.29, 1.82) is 0 Å². The van der Waals surface area contributed by atoms with Crippen molar-refractivity contribution >= 4 is 11.8 Å². The predicted molar refractivity (Wildman–Crippen MR) is 166 cm³/mol. The largest absolute Gasteiger partial charge is 0.130 e. The van der Waals surface area contributed by atoms with Gasteiger partial charge in [-0.2, -0.15) is 0 Å². The molecular formula is C35H56S. The molecular weight excluding hydrogens is 452 g/mol. The molecule has 0 bridgehead atoms. The highest BCUT2D eigenvalue weighted by Crippen LogP contribution is 2.52. The van der Waals surface area contributed by atoms with Crippen LogP contribution in [0.4, 0.5) is 0 Å². The quantitative estimate of drug-likeness (QED) is 0.315. The molecule has 0 aliphatic heterocycles. The van der Waals surface area contributed by atoms with Gasteiger partial charge in [-0.25, -0.2) is 0 Å². The van der Waals surface area contributed by atoms with E-state index in [9.17, 15) is 0 Å². The van der Waals surface area contributed by atoms with Crippen molar-refractivity contribution < 1.29 is 0 Å². The van der Waals surface area contributed by atoms with E-state index in [0.29, 0.717) is 11.8 Å². The Hall–Kier alpha value is -1.21.